The average Bonchev–Trinajstić information content (AvgIpc) is 2.37. The maximum Gasteiger partial charge on any atom is 0.251 e. The summed E-state index contributed by atoms with van der Waals surface area (Å²) in [4.78, 5) is 11.9. The molecule has 0 saturated heterocycles. The first kappa shape index (κ1) is 14.2. The zero-order valence-corrected chi connectivity index (χ0v) is 10.7. The first-order valence-electron chi connectivity index (χ1n) is 5.98. The number of carbonyl (C=O) groups is 1. The van der Waals surface area contributed by atoms with Gasteiger partial charge in [-0.05, 0) is 36.6 Å². The fourth-order valence-corrected chi connectivity index (χ4v) is 1.71. The van der Waals surface area contributed by atoms with E-state index in [1.165, 1.54) is 0 Å². The minimum atomic E-state index is -0.229. The van der Waals surface area contributed by atoms with Crippen LogP contribution < -0.4 is 5.32 Å². The Balaban J connectivity index is 2.66. The van der Waals surface area contributed by atoms with Crippen LogP contribution in [-0.2, 0) is 0 Å². The number of amides is 1. The highest BCUT2D eigenvalue weighted by atomic mass is 16.3. The van der Waals surface area contributed by atoms with Gasteiger partial charge in [0.15, 0.2) is 0 Å². The number of benzene rings is 1. The topological polar surface area (TPSA) is 73.1 Å². The van der Waals surface area contributed by atoms with Crippen molar-refractivity contribution in [1.29, 1.82) is 5.26 Å². The van der Waals surface area contributed by atoms with E-state index < -0.39 is 0 Å². The first-order valence-corrected chi connectivity index (χ1v) is 5.98. The molecule has 4 nitrogen and oxygen atoms in total. The minimum Gasteiger partial charge on any atom is -0.394 e. The number of aliphatic hydroxyl groups is 1. The molecule has 0 aliphatic carbocycles. The summed E-state index contributed by atoms with van der Waals surface area (Å²) in [7, 11) is 0. The highest BCUT2D eigenvalue weighted by Gasteiger charge is 2.14. The summed E-state index contributed by atoms with van der Waals surface area (Å²) < 4.78 is 0. The summed E-state index contributed by atoms with van der Waals surface area (Å²) in [5, 5.41) is 20.6. The third-order valence-corrected chi connectivity index (χ3v) is 2.59. The maximum absolute atomic E-state index is 11.9. The minimum absolute atomic E-state index is 0.0692. The third kappa shape index (κ3) is 4.19. The highest BCUT2D eigenvalue weighted by Crippen LogP contribution is 2.07. The van der Waals surface area contributed by atoms with E-state index in [0.717, 1.165) is 6.42 Å². The molecule has 2 N–H and O–H groups in total. The molecule has 1 aromatic rings. The molecule has 0 aromatic heterocycles. The van der Waals surface area contributed by atoms with E-state index in [-0.39, 0.29) is 18.6 Å². The molecule has 0 spiro atoms. The van der Waals surface area contributed by atoms with Gasteiger partial charge in [0, 0.05) is 5.56 Å². The lowest BCUT2D eigenvalue weighted by Gasteiger charge is -2.18. The molecule has 0 radical (unpaired) electrons. The molecule has 1 amide bonds. The molecule has 0 aliphatic rings. The molecule has 1 unspecified atom stereocenters. The number of hydrogen-bond donors (Lipinski definition) is 2. The Bertz CT molecular complexity index is 432. The summed E-state index contributed by atoms with van der Waals surface area (Å²) >= 11 is 0. The Hall–Kier alpha value is -1.86. The summed E-state index contributed by atoms with van der Waals surface area (Å²) in [6.45, 7) is 4.01. The van der Waals surface area contributed by atoms with Crippen LogP contribution in [0.4, 0.5) is 0 Å². The molecule has 18 heavy (non-hydrogen) atoms. The normalized spacial score (nSPS) is 11.9. The lowest BCUT2D eigenvalue weighted by molar-refractivity contribution is 0.0908. The fourth-order valence-electron chi connectivity index (χ4n) is 1.71. The van der Waals surface area contributed by atoms with Gasteiger partial charge >= 0.3 is 0 Å². The van der Waals surface area contributed by atoms with Crippen LogP contribution in [0.3, 0.4) is 0 Å². The molecule has 96 valence electrons. The van der Waals surface area contributed by atoms with Crippen molar-refractivity contribution in [3.63, 3.8) is 0 Å². The predicted octanol–water partition coefficient (Wildman–Crippen LogP) is 1.70. The van der Waals surface area contributed by atoms with Gasteiger partial charge in [0.25, 0.3) is 5.91 Å². The van der Waals surface area contributed by atoms with Gasteiger partial charge in [0.05, 0.1) is 24.3 Å². The second kappa shape index (κ2) is 6.77. The second-order valence-corrected chi connectivity index (χ2v) is 4.67. The van der Waals surface area contributed by atoms with Crippen molar-refractivity contribution < 1.29 is 9.90 Å². The molecule has 1 rings (SSSR count). The quantitative estimate of drug-likeness (QED) is 0.830. The van der Waals surface area contributed by atoms with Gasteiger partial charge in [0.2, 0.25) is 0 Å². The van der Waals surface area contributed by atoms with E-state index in [1.807, 2.05) is 19.9 Å². The lowest BCUT2D eigenvalue weighted by Crippen LogP contribution is -2.38. The number of aliphatic hydroxyl groups excluding tert-OH is 1. The van der Waals surface area contributed by atoms with Crippen molar-refractivity contribution in [3.8, 4) is 6.07 Å². The fraction of sp³-hybridized carbons (Fsp3) is 0.429. The standard InChI is InChI=1S/C14H18N2O2/c1-10(2)7-13(9-17)16-14(18)12-5-3-11(8-15)4-6-12/h3-6,10,13,17H,7,9H2,1-2H3,(H,16,18). The smallest absolute Gasteiger partial charge is 0.251 e. The number of nitrogens with zero attached hydrogens (tertiary/aromatic N) is 1. The Kier molecular flexibility index (Phi) is 5.34. The molecular weight excluding hydrogens is 228 g/mol. The molecule has 4 heteroatoms. The van der Waals surface area contributed by atoms with Gasteiger partial charge in [-0.2, -0.15) is 5.26 Å². The number of nitriles is 1. The second-order valence-electron chi connectivity index (χ2n) is 4.67. The van der Waals surface area contributed by atoms with Gasteiger partial charge in [0.1, 0.15) is 0 Å². The van der Waals surface area contributed by atoms with E-state index >= 15 is 0 Å². The van der Waals surface area contributed by atoms with Gasteiger partial charge in [-0.1, -0.05) is 13.8 Å². The van der Waals surface area contributed by atoms with E-state index in [2.05, 4.69) is 5.32 Å². The molecule has 1 aromatic carbocycles. The molecule has 0 fully saturated rings. The highest BCUT2D eigenvalue weighted by molar-refractivity contribution is 5.94. The Morgan fingerprint density at radius 3 is 2.44 bits per heavy atom. The van der Waals surface area contributed by atoms with Crippen LogP contribution in [-0.4, -0.2) is 23.7 Å². The van der Waals surface area contributed by atoms with Crippen molar-refractivity contribution in [2.75, 3.05) is 6.61 Å². The van der Waals surface area contributed by atoms with Crippen LogP contribution in [0.2, 0.25) is 0 Å². The van der Waals surface area contributed by atoms with Crippen LogP contribution in [0.15, 0.2) is 24.3 Å². The van der Waals surface area contributed by atoms with Crippen LogP contribution in [0.25, 0.3) is 0 Å². The van der Waals surface area contributed by atoms with E-state index in [1.54, 1.807) is 24.3 Å². The molecular formula is C14H18N2O2. The first-order chi connectivity index (χ1) is 8.56. The Morgan fingerprint density at radius 2 is 2.00 bits per heavy atom. The van der Waals surface area contributed by atoms with Crippen LogP contribution in [0.5, 0.6) is 0 Å². The number of hydrogen-bond acceptors (Lipinski definition) is 3. The number of rotatable bonds is 5. The Morgan fingerprint density at radius 1 is 1.39 bits per heavy atom. The summed E-state index contributed by atoms with van der Waals surface area (Å²) in [5.74, 6) is 0.183. The third-order valence-electron chi connectivity index (χ3n) is 2.59. The molecule has 0 bridgehead atoms. The zero-order chi connectivity index (χ0) is 13.5. The van der Waals surface area contributed by atoms with E-state index in [4.69, 9.17) is 5.26 Å². The van der Waals surface area contributed by atoms with Gasteiger partial charge in [-0.15, -0.1) is 0 Å². The lowest BCUT2D eigenvalue weighted by atomic mass is 10.0. The van der Waals surface area contributed by atoms with Crippen molar-refractivity contribution in [3.05, 3.63) is 35.4 Å². The monoisotopic (exact) mass is 246 g/mol. The molecule has 0 saturated carbocycles. The maximum atomic E-state index is 11.9. The Labute approximate surface area is 107 Å². The largest absolute Gasteiger partial charge is 0.394 e. The molecule has 0 heterocycles. The summed E-state index contributed by atoms with van der Waals surface area (Å²) in [5.41, 5.74) is 1.02. The van der Waals surface area contributed by atoms with Gasteiger partial charge in [-0.3, -0.25) is 4.79 Å². The predicted molar refractivity (Wildman–Crippen MR) is 69.0 cm³/mol. The van der Waals surface area contributed by atoms with Gasteiger partial charge in [-0.25, -0.2) is 0 Å². The van der Waals surface area contributed by atoms with Crippen LogP contribution in [0, 0.1) is 17.2 Å². The van der Waals surface area contributed by atoms with Crippen molar-refractivity contribution in [1.82, 2.24) is 5.32 Å². The summed E-state index contributed by atoms with van der Waals surface area (Å²) in [6.07, 6.45) is 0.735. The van der Waals surface area contributed by atoms with E-state index in [0.29, 0.717) is 17.0 Å². The summed E-state index contributed by atoms with van der Waals surface area (Å²) in [6, 6.07) is 8.19. The SMILES string of the molecule is CC(C)CC(CO)NC(=O)c1ccc(C#N)cc1. The number of nitrogens with one attached hydrogen (secondary N) is 1. The van der Waals surface area contributed by atoms with Crippen molar-refractivity contribution >= 4 is 5.91 Å². The van der Waals surface area contributed by atoms with E-state index in [9.17, 15) is 9.90 Å². The average molecular weight is 246 g/mol. The van der Waals surface area contributed by atoms with Crippen LogP contribution in [0.1, 0.15) is 36.2 Å². The van der Waals surface area contributed by atoms with Crippen molar-refractivity contribution in [2.24, 2.45) is 5.92 Å². The molecule has 1 atom stereocenters. The van der Waals surface area contributed by atoms with Crippen molar-refractivity contribution in [2.45, 2.75) is 26.3 Å². The molecule has 0 aliphatic heterocycles. The zero-order valence-electron chi connectivity index (χ0n) is 10.7. The van der Waals surface area contributed by atoms with Gasteiger partial charge < -0.3 is 10.4 Å². The number of carbonyl (C=O) groups excluding carboxylic acids is 1. The van der Waals surface area contributed by atoms with Crippen LogP contribution >= 0.6 is 0 Å².